The molecule has 1 aromatic heterocycles. The van der Waals surface area contributed by atoms with Gasteiger partial charge in [-0.25, -0.2) is 0 Å². The maximum Gasteiger partial charge on any atom is 0.125 e. The third-order valence-electron chi connectivity index (χ3n) is 8.41. The van der Waals surface area contributed by atoms with Crippen molar-refractivity contribution in [1.82, 2.24) is 20.1 Å². The number of pyridine rings is 1. The molecule has 8 nitrogen and oxygen atoms in total. The summed E-state index contributed by atoms with van der Waals surface area (Å²) in [6.07, 6.45) is 1.77. The molecule has 0 radical (unpaired) electrons. The fourth-order valence-corrected chi connectivity index (χ4v) is 6.26. The van der Waals surface area contributed by atoms with E-state index in [2.05, 4.69) is 73.2 Å². The van der Waals surface area contributed by atoms with Crippen LogP contribution < -0.4 is 19.9 Å². The van der Waals surface area contributed by atoms with Crippen LogP contribution in [0.15, 0.2) is 48.7 Å². The number of likely N-dealkylation sites (N-methyl/N-ethyl adjacent to an activating group) is 1. The number of ether oxygens (including phenoxy) is 1. The summed E-state index contributed by atoms with van der Waals surface area (Å²) in [5, 5.41) is 13.9. The normalized spacial score (nSPS) is 22.3. The third kappa shape index (κ3) is 4.78. The van der Waals surface area contributed by atoms with Crippen LogP contribution in [0.25, 0.3) is 10.9 Å². The first-order valence-electron chi connectivity index (χ1n) is 13.8. The molecule has 8 heteroatoms. The van der Waals surface area contributed by atoms with Crippen LogP contribution in [-0.2, 0) is 6.54 Å². The van der Waals surface area contributed by atoms with Gasteiger partial charge in [0.05, 0.1) is 17.1 Å². The Morgan fingerprint density at radius 1 is 1.08 bits per heavy atom. The van der Waals surface area contributed by atoms with Gasteiger partial charge in [0.2, 0.25) is 0 Å². The summed E-state index contributed by atoms with van der Waals surface area (Å²) in [6.45, 7) is 12.2. The number of fused-ring (bicyclic) bond motifs is 3. The molecule has 2 aromatic carbocycles. The lowest BCUT2D eigenvalue weighted by Gasteiger charge is -2.45. The number of hydrogen-bond acceptors (Lipinski definition) is 8. The van der Waals surface area contributed by atoms with E-state index in [1.807, 2.05) is 19.2 Å². The Labute approximate surface area is 225 Å². The number of anilines is 2. The molecule has 6 rings (SSSR count). The Bertz CT molecular complexity index is 1330. The number of benzene rings is 2. The largest absolute Gasteiger partial charge is 0.491 e. The quantitative estimate of drug-likeness (QED) is 0.561. The standard InChI is InChI=1S/C30H37N7O/c1-22-18-36(28-8-6-23(17-31)30-27(28)4-3-9-33-30)20-26-21-38-29-16-25(7-5-24(29)19-37(22)26)35-14-12-34(13-15-35)11-10-32-2/h3-9,16,22,26,32H,10-15,18-21H2,1-2H3/t22-,26-/m1/s1. The second kappa shape index (κ2) is 10.8. The van der Waals surface area contributed by atoms with Crippen LogP contribution in [0.3, 0.4) is 0 Å². The lowest BCUT2D eigenvalue weighted by Crippen LogP contribution is -2.58. The van der Waals surface area contributed by atoms with Gasteiger partial charge in [-0.05, 0) is 44.3 Å². The molecule has 3 aromatic rings. The predicted octanol–water partition coefficient (Wildman–Crippen LogP) is 2.92. The molecule has 0 aliphatic carbocycles. The van der Waals surface area contributed by atoms with Crippen LogP contribution >= 0.6 is 0 Å². The van der Waals surface area contributed by atoms with Gasteiger partial charge in [-0.1, -0.05) is 6.07 Å². The number of nitrogens with zero attached hydrogens (tertiary/aromatic N) is 6. The van der Waals surface area contributed by atoms with Crippen LogP contribution in [0, 0.1) is 11.3 Å². The van der Waals surface area contributed by atoms with Gasteiger partial charge in [-0.3, -0.25) is 14.8 Å². The van der Waals surface area contributed by atoms with E-state index in [-0.39, 0.29) is 6.04 Å². The summed E-state index contributed by atoms with van der Waals surface area (Å²) in [4.78, 5) is 14.6. The van der Waals surface area contributed by atoms with Crippen molar-refractivity contribution in [1.29, 1.82) is 5.26 Å². The van der Waals surface area contributed by atoms with Crippen molar-refractivity contribution in [2.45, 2.75) is 25.6 Å². The second-order valence-corrected chi connectivity index (χ2v) is 10.8. The minimum Gasteiger partial charge on any atom is -0.491 e. The molecule has 0 bridgehead atoms. The van der Waals surface area contributed by atoms with Crippen molar-refractivity contribution < 1.29 is 4.74 Å². The van der Waals surface area contributed by atoms with Crippen LogP contribution in [0.5, 0.6) is 5.75 Å². The zero-order valence-electron chi connectivity index (χ0n) is 22.4. The van der Waals surface area contributed by atoms with Crippen molar-refractivity contribution in [2.24, 2.45) is 0 Å². The molecule has 0 amide bonds. The van der Waals surface area contributed by atoms with Crippen molar-refractivity contribution in [3.05, 3.63) is 59.8 Å². The average molecular weight is 512 g/mol. The van der Waals surface area contributed by atoms with E-state index >= 15 is 0 Å². The Hall–Kier alpha value is -3.38. The number of aromatic nitrogens is 1. The highest BCUT2D eigenvalue weighted by Crippen LogP contribution is 2.35. The van der Waals surface area contributed by atoms with Crippen molar-refractivity contribution >= 4 is 22.3 Å². The fraction of sp³-hybridized carbons (Fsp3) is 0.467. The zero-order valence-corrected chi connectivity index (χ0v) is 22.4. The maximum absolute atomic E-state index is 9.56. The van der Waals surface area contributed by atoms with Gasteiger partial charge in [-0.2, -0.15) is 5.26 Å². The number of hydrogen-bond donors (Lipinski definition) is 1. The second-order valence-electron chi connectivity index (χ2n) is 10.8. The van der Waals surface area contributed by atoms with Crippen molar-refractivity contribution in [3.8, 4) is 11.8 Å². The summed E-state index contributed by atoms with van der Waals surface area (Å²) in [5.74, 6) is 1.03. The SMILES string of the molecule is CNCCN1CCN(c2ccc3c(c2)OC[C@H]2CN(c4ccc(C#N)c5ncccc45)C[C@@H](C)N2C3)CC1. The molecule has 1 N–H and O–H groups in total. The van der Waals surface area contributed by atoms with E-state index in [0.717, 1.165) is 81.2 Å². The first kappa shape index (κ1) is 24.9. The minimum absolute atomic E-state index is 0.285. The summed E-state index contributed by atoms with van der Waals surface area (Å²) < 4.78 is 6.51. The molecule has 0 unspecified atom stereocenters. The van der Waals surface area contributed by atoms with Gasteiger partial charge in [0.1, 0.15) is 18.4 Å². The van der Waals surface area contributed by atoms with Crippen molar-refractivity contribution in [2.75, 3.05) is 75.8 Å². The molecule has 3 aliphatic rings. The molecule has 2 saturated heterocycles. The Kier molecular flexibility index (Phi) is 7.07. The highest BCUT2D eigenvalue weighted by atomic mass is 16.5. The smallest absolute Gasteiger partial charge is 0.125 e. The topological polar surface area (TPSA) is 70.9 Å². The van der Waals surface area contributed by atoms with Gasteiger partial charge < -0.3 is 19.9 Å². The monoisotopic (exact) mass is 511 g/mol. The lowest BCUT2D eigenvalue weighted by molar-refractivity contribution is 0.0892. The fourth-order valence-electron chi connectivity index (χ4n) is 6.26. The summed E-state index contributed by atoms with van der Waals surface area (Å²) in [6, 6.07) is 17.8. The number of nitriles is 1. The van der Waals surface area contributed by atoms with E-state index in [1.54, 1.807) is 6.20 Å². The van der Waals surface area contributed by atoms with Crippen LogP contribution in [0.4, 0.5) is 11.4 Å². The van der Waals surface area contributed by atoms with E-state index in [1.165, 1.54) is 11.3 Å². The van der Waals surface area contributed by atoms with Crippen LogP contribution in [0.2, 0.25) is 0 Å². The van der Waals surface area contributed by atoms with E-state index < -0.39 is 0 Å². The first-order valence-corrected chi connectivity index (χ1v) is 13.8. The van der Waals surface area contributed by atoms with Gasteiger partial charge in [0.25, 0.3) is 0 Å². The molecule has 4 heterocycles. The number of nitrogens with one attached hydrogen (secondary N) is 1. The molecule has 0 saturated carbocycles. The molecule has 2 fully saturated rings. The summed E-state index contributed by atoms with van der Waals surface area (Å²) in [7, 11) is 2.02. The highest BCUT2D eigenvalue weighted by Gasteiger charge is 2.36. The number of rotatable bonds is 5. The molecule has 2 atom stereocenters. The molecular weight excluding hydrogens is 474 g/mol. The van der Waals surface area contributed by atoms with Gasteiger partial charge in [0, 0.05) is 99.5 Å². The Morgan fingerprint density at radius 2 is 1.95 bits per heavy atom. The van der Waals surface area contributed by atoms with Crippen molar-refractivity contribution in [3.63, 3.8) is 0 Å². The molecular formula is C30H37N7O. The van der Waals surface area contributed by atoms with Gasteiger partial charge in [0.15, 0.2) is 0 Å². The zero-order chi connectivity index (χ0) is 26.1. The highest BCUT2D eigenvalue weighted by molar-refractivity contribution is 5.95. The van der Waals surface area contributed by atoms with Crippen LogP contribution in [-0.4, -0.2) is 92.9 Å². The molecule has 3 aliphatic heterocycles. The molecule has 198 valence electrons. The van der Waals surface area contributed by atoms with Gasteiger partial charge in [-0.15, -0.1) is 0 Å². The minimum atomic E-state index is 0.285. The third-order valence-corrected chi connectivity index (χ3v) is 8.41. The van der Waals surface area contributed by atoms with Gasteiger partial charge >= 0.3 is 0 Å². The van der Waals surface area contributed by atoms with Crippen LogP contribution in [0.1, 0.15) is 18.1 Å². The lowest BCUT2D eigenvalue weighted by atomic mass is 10.0. The van der Waals surface area contributed by atoms with E-state index in [9.17, 15) is 5.26 Å². The molecule has 38 heavy (non-hydrogen) atoms. The van der Waals surface area contributed by atoms with E-state index in [0.29, 0.717) is 18.2 Å². The summed E-state index contributed by atoms with van der Waals surface area (Å²) in [5.41, 5.74) is 5.10. The summed E-state index contributed by atoms with van der Waals surface area (Å²) >= 11 is 0. The average Bonchev–Trinajstić information content (AvgIpc) is 3.15. The molecule has 0 spiro atoms. The predicted molar refractivity (Wildman–Crippen MR) is 152 cm³/mol. The Balaban J connectivity index is 1.18. The number of piperazine rings is 2. The first-order chi connectivity index (χ1) is 18.6. The Morgan fingerprint density at radius 3 is 2.76 bits per heavy atom. The maximum atomic E-state index is 9.56. The van der Waals surface area contributed by atoms with E-state index in [4.69, 9.17) is 4.74 Å².